The maximum Gasteiger partial charge on any atom is 0.269 e. The Kier molecular flexibility index (Phi) is 13.3. The number of ether oxygens (including phenoxy) is 2. The maximum atomic E-state index is 11.9. The van der Waals surface area contributed by atoms with Crippen LogP contribution in [0.4, 0.5) is 0 Å². The zero-order valence-electron chi connectivity index (χ0n) is 22.0. The molecule has 0 aromatic heterocycles. The van der Waals surface area contributed by atoms with Crippen molar-refractivity contribution in [3.63, 3.8) is 0 Å². The van der Waals surface area contributed by atoms with Crippen molar-refractivity contribution < 1.29 is 23.6 Å². The van der Waals surface area contributed by atoms with Gasteiger partial charge in [-0.3, -0.25) is 4.79 Å². The number of fused-ring (bicyclic) bond motifs is 1. The van der Waals surface area contributed by atoms with Crippen molar-refractivity contribution in [2.75, 3.05) is 20.9 Å². The highest BCUT2D eigenvalue weighted by Gasteiger charge is 2.21. The van der Waals surface area contributed by atoms with Crippen molar-refractivity contribution in [3.05, 3.63) is 59.5 Å². The largest absolute Gasteiger partial charge is 0.506 e. The van der Waals surface area contributed by atoms with Crippen molar-refractivity contribution in [3.8, 4) is 24.3 Å². The van der Waals surface area contributed by atoms with Crippen molar-refractivity contribution >= 4 is 28.8 Å². The summed E-state index contributed by atoms with van der Waals surface area (Å²) in [7, 11) is 3.15. The molecular weight excluding hydrogens is 494 g/mol. The molecule has 1 unspecified atom stereocenters. The molecule has 10 nitrogen and oxygen atoms in total. The number of allylic oxidation sites excluding steroid dienone is 3. The highest BCUT2D eigenvalue weighted by molar-refractivity contribution is 7.83. The summed E-state index contributed by atoms with van der Waals surface area (Å²) in [5, 5.41) is 16.4. The molecule has 3 N–H and O–H groups in total. The van der Waals surface area contributed by atoms with E-state index in [9.17, 15) is 14.1 Å². The highest BCUT2D eigenvalue weighted by atomic mass is 32.2. The number of hydrogen-bond donors (Lipinski definition) is 3. The summed E-state index contributed by atoms with van der Waals surface area (Å²) < 4.78 is 30.5. The van der Waals surface area contributed by atoms with E-state index in [1.54, 1.807) is 32.3 Å². The Balaban J connectivity index is 0.00000104. The molecule has 0 saturated heterocycles. The molecule has 0 spiro atoms. The van der Waals surface area contributed by atoms with Gasteiger partial charge >= 0.3 is 0 Å². The standard InChI is InChI=1S/C20H23N5O5S.C4H10.C2H2/c1-4-5-6-14(15(26)10-18(27)25(2)3)22-20-19(23-31(28)24-20)21-11-13-7-8-16-17(9-13)30-12-29-16;1-4(2)3;1-2/h4-10,26H,11-12H2,1-3H3,(H,21,23)(H,22,24);4H,1-3H3;1-2H/b5-4-,14-6+,15-10-;;. The first-order chi connectivity index (χ1) is 17.6. The summed E-state index contributed by atoms with van der Waals surface area (Å²) in [6, 6.07) is 5.52. The molecular formula is C26H35N5O5S. The molecule has 2 heterocycles. The van der Waals surface area contributed by atoms with E-state index < -0.39 is 17.1 Å². The number of carbonyl (C=O) groups is 1. The quantitative estimate of drug-likeness (QED) is 0.223. The van der Waals surface area contributed by atoms with Gasteiger partial charge in [-0.15, -0.1) is 21.6 Å². The van der Waals surface area contributed by atoms with E-state index in [0.717, 1.165) is 17.6 Å². The fourth-order valence-electron chi connectivity index (χ4n) is 2.53. The lowest BCUT2D eigenvalue weighted by Crippen LogP contribution is -2.38. The smallest absolute Gasteiger partial charge is 0.269 e. The molecule has 1 aromatic rings. The molecule has 0 bridgehead atoms. The van der Waals surface area contributed by atoms with Gasteiger partial charge < -0.3 is 30.1 Å². The van der Waals surface area contributed by atoms with E-state index >= 15 is 0 Å². The van der Waals surface area contributed by atoms with Crippen LogP contribution in [0.2, 0.25) is 0 Å². The molecule has 37 heavy (non-hydrogen) atoms. The van der Waals surface area contributed by atoms with E-state index in [1.165, 1.54) is 4.90 Å². The summed E-state index contributed by atoms with van der Waals surface area (Å²) in [4.78, 5) is 13.2. The lowest BCUT2D eigenvalue weighted by atomic mass is 10.2. The Morgan fingerprint density at radius 3 is 2.43 bits per heavy atom. The summed E-state index contributed by atoms with van der Waals surface area (Å²) in [6.45, 7) is 8.86. The Bertz CT molecular complexity index is 1130. The normalized spacial score (nSPS) is 16.2. The number of nitrogens with zero attached hydrogens (tertiary/aromatic N) is 3. The van der Waals surface area contributed by atoms with Crippen molar-refractivity contribution in [1.29, 1.82) is 0 Å². The van der Waals surface area contributed by atoms with Gasteiger partial charge in [-0.05, 0) is 36.6 Å². The van der Waals surface area contributed by atoms with Gasteiger partial charge in [0.05, 0.1) is 5.70 Å². The van der Waals surface area contributed by atoms with Crippen LogP contribution in [0.1, 0.15) is 33.3 Å². The molecule has 1 aromatic carbocycles. The minimum absolute atomic E-state index is 0.173. The molecule has 3 rings (SSSR count). The number of amidine groups is 2. The summed E-state index contributed by atoms with van der Waals surface area (Å²) in [5.41, 5.74) is 1.09. The molecule has 0 saturated carbocycles. The average Bonchev–Trinajstić information content (AvgIpc) is 3.46. The average molecular weight is 530 g/mol. The van der Waals surface area contributed by atoms with Gasteiger partial charge in [-0.1, -0.05) is 39.0 Å². The van der Waals surface area contributed by atoms with Gasteiger partial charge in [0.1, 0.15) is 5.76 Å². The lowest BCUT2D eigenvalue weighted by Gasteiger charge is -2.13. The third-order valence-corrected chi connectivity index (χ3v) is 4.82. The predicted octanol–water partition coefficient (Wildman–Crippen LogP) is 3.39. The number of terminal acetylenes is 1. The third-order valence-electron chi connectivity index (χ3n) is 4.15. The zero-order chi connectivity index (χ0) is 28.0. The van der Waals surface area contributed by atoms with E-state index in [2.05, 4.69) is 53.0 Å². The predicted molar refractivity (Wildman–Crippen MR) is 148 cm³/mol. The first-order valence-corrected chi connectivity index (χ1v) is 12.4. The SMILES string of the molecule is C#C.CC(C)C.C\C=C/C=C(NC1=NS(=O)N=C1NCc1ccc2c(c1)OCO2)\C(O)=C\C(=O)N(C)C. The van der Waals surface area contributed by atoms with Crippen LogP contribution in [-0.2, 0) is 22.5 Å². The topological polar surface area (TPSA) is 125 Å². The number of rotatable bonds is 6. The number of carbonyl (C=O) groups excluding carboxylic acids is 1. The maximum absolute atomic E-state index is 11.9. The zero-order valence-corrected chi connectivity index (χ0v) is 22.8. The molecule has 0 radical (unpaired) electrons. The number of hydrogen-bond acceptors (Lipinski definition) is 7. The lowest BCUT2D eigenvalue weighted by molar-refractivity contribution is -0.123. The first kappa shape index (κ1) is 31.0. The van der Waals surface area contributed by atoms with E-state index in [0.29, 0.717) is 18.0 Å². The van der Waals surface area contributed by atoms with E-state index in [4.69, 9.17) is 9.47 Å². The van der Waals surface area contributed by atoms with Gasteiger partial charge in [-0.25, -0.2) is 4.21 Å². The van der Waals surface area contributed by atoms with Crippen molar-refractivity contribution in [2.24, 2.45) is 14.7 Å². The van der Waals surface area contributed by atoms with Crippen LogP contribution in [0.25, 0.3) is 0 Å². The molecule has 2 aliphatic heterocycles. The fourth-order valence-corrected chi connectivity index (χ4v) is 3.17. The van der Waals surface area contributed by atoms with E-state index in [-0.39, 0.29) is 29.9 Å². The summed E-state index contributed by atoms with van der Waals surface area (Å²) >= 11 is -1.81. The molecule has 0 fully saturated rings. The van der Waals surface area contributed by atoms with Gasteiger partial charge in [0.25, 0.3) is 11.2 Å². The van der Waals surface area contributed by atoms with Crippen molar-refractivity contribution in [1.82, 2.24) is 15.5 Å². The van der Waals surface area contributed by atoms with Crippen LogP contribution in [0.15, 0.2) is 62.8 Å². The molecule has 11 heteroatoms. The number of amides is 1. The second-order valence-electron chi connectivity index (χ2n) is 8.38. The first-order valence-electron chi connectivity index (χ1n) is 11.4. The van der Waals surface area contributed by atoms with Gasteiger partial charge in [0, 0.05) is 26.7 Å². The molecule has 1 atom stereocenters. The second kappa shape index (κ2) is 15.9. The molecule has 0 aliphatic carbocycles. The van der Waals surface area contributed by atoms with Crippen LogP contribution in [0, 0.1) is 18.8 Å². The number of aliphatic hydroxyl groups excluding tert-OH is 1. The van der Waals surface area contributed by atoms with Gasteiger partial charge in [0.15, 0.2) is 23.2 Å². The van der Waals surface area contributed by atoms with Crippen LogP contribution in [-0.4, -0.2) is 52.7 Å². The highest BCUT2D eigenvalue weighted by Crippen LogP contribution is 2.32. The number of aliphatic hydroxyl groups is 1. The summed E-state index contributed by atoms with van der Waals surface area (Å²) in [6.07, 6.45) is 14.1. The molecule has 200 valence electrons. The van der Waals surface area contributed by atoms with Gasteiger partial charge in [-0.2, -0.15) is 0 Å². The van der Waals surface area contributed by atoms with Crippen LogP contribution in [0.5, 0.6) is 11.5 Å². The van der Waals surface area contributed by atoms with Crippen molar-refractivity contribution in [2.45, 2.75) is 34.2 Å². The molecule has 1 amide bonds. The molecule has 2 aliphatic rings. The number of benzene rings is 1. The number of likely N-dealkylation sites (N-methyl/N-ethyl adjacent to an activating group) is 1. The monoisotopic (exact) mass is 529 g/mol. The van der Waals surface area contributed by atoms with E-state index in [1.807, 2.05) is 25.1 Å². The summed E-state index contributed by atoms with van der Waals surface area (Å²) in [5.74, 6) is 1.91. The Labute approximate surface area is 221 Å². The Morgan fingerprint density at radius 1 is 1.19 bits per heavy atom. The number of nitrogens with one attached hydrogen (secondary N) is 2. The van der Waals surface area contributed by atoms with Crippen LogP contribution >= 0.6 is 0 Å². The third kappa shape index (κ3) is 10.6. The second-order valence-corrected chi connectivity index (χ2v) is 9.20. The Morgan fingerprint density at radius 2 is 1.81 bits per heavy atom. The minimum atomic E-state index is -1.81. The van der Waals surface area contributed by atoms with Crippen LogP contribution < -0.4 is 20.1 Å². The fraction of sp³-hybridized carbons (Fsp3) is 0.346. The minimum Gasteiger partial charge on any atom is -0.506 e. The van der Waals surface area contributed by atoms with Crippen LogP contribution in [0.3, 0.4) is 0 Å². The Hall–Kier alpha value is -4.04. The van der Waals surface area contributed by atoms with Gasteiger partial charge in [0.2, 0.25) is 12.7 Å².